The fraction of sp³-hybridized carbons (Fsp3) is 0.480. The number of hydrogen-bond donors (Lipinski definition) is 1. The van der Waals surface area contributed by atoms with Gasteiger partial charge in [0.05, 0.1) is 17.2 Å². The molecular weight excluding hydrogens is 532 g/mol. The van der Waals surface area contributed by atoms with Gasteiger partial charge in [0.2, 0.25) is 5.91 Å². The Kier molecular flexibility index (Phi) is 9.62. The van der Waals surface area contributed by atoms with Gasteiger partial charge in [0.15, 0.2) is 0 Å². The molecule has 0 aliphatic carbocycles. The van der Waals surface area contributed by atoms with Gasteiger partial charge in [-0.15, -0.1) is 12.4 Å². The number of hydrogen-bond acceptors (Lipinski definition) is 2. The number of piperidine rings is 1. The van der Waals surface area contributed by atoms with E-state index >= 15 is 4.39 Å². The molecule has 1 fully saturated rings. The Bertz CT molecular complexity index is 1030. The van der Waals surface area contributed by atoms with Gasteiger partial charge in [0, 0.05) is 19.4 Å². The second kappa shape index (κ2) is 11.6. The summed E-state index contributed by atoms with van der Waals surface area (Å²) in [5.74, 6) is -2.19. The van der Waals surface area contributed by atoms with Crippen LogP contribution < -0.4 is 5.32 Å². The van der Waals surface area contributed by atoms with Crippen LogP contribution in [0.5, 0.6) is 0 Å². The van der Waals surface area contributed by atoms with Gasteiger partial charge in [-0.25, -0.2) is 8.78 Å². The van der Waals surface area contributed by atoms with E-state index in [9.17, 15) is 35.5 Å². The van der Waals surface area contributed by atoms with Crippen molar-refractivity contribution in [2.24, 2.45) is 0 Å². The molecule has 0 aromatic heterocycles. The average Bonchev–Trinajstić information content (AvgIpc) is 2.81. The number of nitrogens with zero attached hydrogens (tertiary/aromatic N) is 1. The van der Waals surface area contributed by atoms with Crippen LogP contribution in [-0.2, 0) is 17.1 Å². The van der Waals surface area contributed by atoms with Crippen molar-refractivity contribution in [1.29, 1.82) is 0 Å². The van der Waals surface area contributed by atoms with Gasteiger partial charge in [-0.2, -0.15) is 26.3 Å². The molecule has 1 saturated heterocycles. The van der Waals surface area contributed by atoms with E-state index in [1.54, 1.807) is 0 Å². The van der Waals surface area contributed by atoms with Crippen molar-refractivity contribution in [2.45, 2.75) is 56.2 Å². The van der Waals surface area contributed by atoms with Crippen LogP contribution in [0.25, 0.3) is 0 Å². The van der Waals surface area contributed by atoms with E-state index in [1.807, 2.05) is 0 Å². The minimum Gasteiger partial charge on any atom is -0.339 e. The summed E-state index contributed by atoms with van der Waals surface area (Å²) in [7, 11) is 1.25. The topological polar surface area (TPSA) is 32.3 Å². The van der Waals surface area contributed by atoms with Crippen LogP contribution in [0.3, 0.4) is 0 Å². The first-order valence-corrected chi connectivity index (χ1v) is 11.3. The molecule has 1 unspecified atom stereocenters. The fourth-order valence-corrected chi connectivity index (χ4v) is 4.46. The molecule has 1 aliphatic rings. The van der Waals surface area contributed by atoms with Crippen molar-refractivity contribution < 1.29 is 39.9 Å². The van der Waals surface area contributed by atoms with E-state index in [0.29, 0.717) is 30.8 Å². The lowest BCUT2D eigenvalue weighted by molar-refractivity contribution is -0.143. The van der Waals surface area contributed by atoms with Crippen LogP contribution in [0.15, 0.2) is 42.5 Å². The molecule has 1 amide bonds. The summed E-state index contributed by atoms with van der Waals surface area (Å²) >= 11 is 0. The molecule has 0 radical (unpaired) electrons. The number of nitrogens with one attached hydrogen (secondary N) is 1. The highest BCUT2D eigenvalue weighted by Gasteiger charge is 2.43. The number of amides is 1. The predicted octanol–water partition coefficient (Wildman–Crippen LogP) is 7.07. The van der Waals surface area contributed by atoms with Gasteiger partial charge in [0.1, 0.15) is 11.5 Å². The highest BCUT2D eigenvalue weighted by Crippen LogP contribution is 2.42. The third-order valence-electron chi connectivity index (χ3n) is 6.78. The Labute approximate surface area is 215 Å². The summed E-state index contributed by atoms with van der Waals surface area (Å²) in [5, 5.41) is 3.03. The zero-order valence-corrected chi connectivity index (χ0v) is 20.8. The molecule has 1 N–H and O–H groups in total. The third-order valence-corrected chi connectivity index (χ3v) is 6.78. The van der Waals surface area contributed by atoms with Gasteiger partial charge < -0.3 is 10.2 Å². The first-order valence-electron chi connectivity index (χ1n) is 11.3. The van der Waals surface area contributed by atoms with E-state index in [0.717, 1.165) is 17.0 Å². The van der Waals surface area contributed by atoms with Gasteiger partial charge >= 0.3 is 12.4 Å². The smallest absolute Gasteiger partial charge is 0.339 e. The number of alkyl halides is 7. The Morgan fingerprint density at radius 3 is 1.89 bits per heavy atom. The maximum Gasteiger partial charge on any atom is 0.416 e. The maximum atomic E-state index is 16.0. The molecule has 0 spiro atoms. The van der Waals surface area contributed by atoms with Crippen molar-refractivity contribution in [2.75, 3.05) is 20.1 Å². The van der Waals surface area contributed by atoms with E-state index in [4.69, 9.17) is 0 Å². The van der Waals surface area contributed by atoms with Crippen LogP contribution in [0.1, 0.15) is 60.4 Å². The van der Waals surface area contributed by atoms with Crippen molar-refractivity contribution >= 4 is 18.3 Å². The molecule has 2 aromatic rings. The average molecular weight is 559 g/mol. The Morgan fingerprint density at radius 2 is 1.43 bits per heavy atom. The molecule has 0 saturated carbocycles. The number of halogens is 9. The van der Waals surface area contributed by atoms with Crippen molar-refractivity contribution in [3.8, 4) is 0 Å². The van der Waals surface area contributed by atoms with Gasteiger partial charge in [0.25, 0.3) is 0 Å². The summed E-state index contributed by atoms with van der Waals surface area (Å²) in [6.07, 6.45) is -10.3. The standard InChI is InChI=1S/C25H26F8N2O.ClH/c1-15(17-11-18(24(28,29)30)13-19(12-17)25(31,32)33)35(2)22(36)14-21(16-3-5-20(26)6-4-16)23(27)7-9-34-10-8-23;/h3-6,11-13,15,21,34H,7-10,14H2,1-2H3;1H/t15-,21?;/m0./s1. The number of carbonyl (C=O) groups excluding carboxylic acids is 1. The van der Waals surface area contributed by atoms with Gasteiger partial charge in [-0.3, -0.25) is 4.79 Å². The Hall–Kier alpha value is -2.40. The molecule has 3 rings (SSSR count). The highest BCUT2D eigenvalue weighted by atomic mass is 35.5. The van der Waals surface area contributed by atoms with E-state index < -0.39 is 59.3 Å². The molecule has 1 heterocycles. The number of carbonyl (C=O) groups is 1. The van der Waals surface area contributed by atoms with Crippen molar-refractivity contribution in [3.05, 3.63) is 70.5 Å². The molecule has 2 aromatic carbocycles. The predicted molar refractivity (Wildman–Crippen MR) is 125 cm³/mol. The zero-order chi connectivity index (χ0) is 26.9. The Morgan fingerprint density at radius 1 is 0.946 bits per heavy atom. The second-order valence-corrected chi connectivity index (χ2v) is 9.11. The molecule has 1 aliphatic heterocycles. The first kappa shape index (κ1) is 30.8. The molecule has 206 valence electrons. The van der Waals surface area contributed by atoms with Crippen LogP contribution >= 0.6 is 12.4 Å². The monoisotopic (exact) mass is 558 g/mol. The quantitative estimate of drug-likeness (QED) is 0.385. The maximum absolute atomic E-state index is 16.0. The summed E-state index contributed by atoms with van der Waals surface area (Å²) in [4.78, 5) is 14.2. The van der Waals surface area contributed by atoms with E-state index in [2.05, 4.69) is 5.32 Å². The minimum absolute atomic E-state index is 0. The lowest BCUT2D eigenvalue weighted by Gasteiger charge is -2.38. The van der Waals surface area contributed by atoms with Crippen molar-refractivity contribution in [1.82, 2.24) is 10.2 Å². The largest absolute Gasteiger partial charge is 0.416 e. The fourth-order valence-electron chi connectivity index (χ4n) is 4.46. The highest BCUT2D eigenvalue weighted by molar-refractivity contribution is 5.85. The normalized spacial score (nSPS) is 17.5. The Balaban J connectivity index is 0.00000481. The second-order valence-electron chi connectivity index (χ2n) is 9.11. The van der Waals surface area contributed by atoms with Crippen molar-refractivity contribution in [3.63, 3.8) is 0 Å². The van der Waals surface area contributed by atoms with Crippen LogP contribution in [-0.4, -0.2) is 36.6 Å². The van der Waals surface area contributed by atoms with Crippen LogP contribution in [0.2, 0.25) is 0 Å². The lowest BCUT2D eigenvalue weighted by atomic mass is 9.75. The molecule has 37 heavy (non-hydrogen) atoms. The van der Waals surface area contributed by atoms with Gasteiger partial charge in [-0.1, -0.05) is 12.1 Å². The molecule has 2 atom stereocenters. The lowest BCUT2D eigenvalue weighted by Crippen LogP contribution is -2.44. The third kappa shape index (κ3) is 7.34. The number of benzene rings is 2. The summed E-state index contributed by atoms with van der Waals surface area (Å²) < 4.78 is 109. The van der Waals surface area contributed by atoms with E-state index in [-0.39, 0.29) is 36.9 Å². The summed E-state index contributed by atoms with van der Waals surface area (Å²) in [6, 6.07) is 5.04. The summed E-state index contributed by atoms with van der Waals surface area (Å²) in [6.45, 7) is 2.02. The molecular formula is C25H27ClF8N2O. The molecule has 12 heteroatoms. The van der Waals surface area contributed by atoms with Crippen LogP contribution in [0, 0.1) is 5.82 Å². The zero-order valence-electron chi connectivity index (χ0n) is 20.0. The van der Waals surface area contributed by atoms with Gasteiger partial charge in [-0.05, 0) is 74.3 Å². The van der Waals surface area contributed by atoms with E-state index in [1.165, 1.54) is 26.1 Å². The summed E-state index contributed by atoms with van der Waals surface area (Å²) in [5.41, 5.74) is -4.75. The minimum atomic E-state index is -5.03. The SMILES string of the molecule is C[C@@H](c1cc(C(F)(F)F)cc(C(F)(F)F)c1)N(C)C(=O)CC(c1ccc(F)cc1)C1(F)CCNCC1.Cl. The molecule has 0 bridgehead atoms. The van der Waals surface area contributed by atoms with Crippen LogP contribution in [0.4, 0.5) is 35.1 Å². The number of rotatable bonds is 6. The first-order chi connectivity index (χ1) is 16.6. The molecule has 3 nitrogen and oxygen atoms in total.